The van der Waals surface area contributed by atoms with Gasteiger partial charge in [0.05, 0.1) is 5.69 Å². The average molecular weight is 249 g/mol. The van der Waals surface area contributed by atoms with E-state index < -0.39 is 0 Å². The minimum absolute atomic E-state index is 0.00759. The zero-order valence-corrected chi connectivity index (χ0v) is 10.7. The van der Waals surface area contributed by atoms with Gasteiger partial charge in [0, 0.05) is 24.7 Å². The maximum atomic E-state index is 12.4. The van der Waals surface area contributed by atoms with Crippen molar-refractivity contribution in [2.75, 3.05) is 13.1 Å². The van der Waals surface area contributed by atoms with Crippen molar-refractivity contribution >= 4 is 5.91 Å². The van der Waals surface area contributed by atoms with Crippen LogP contribution >= 0.6 is 0 Å². The van der Waals surface area contributed by atoms with Gasteiger partial charge < -0.3 is 14.7 Å². The summed E-state index contributed by atoms with van der Waals surface area (Å²) in [7, 11) is 0. The Morgan fingerprint density at radius 1 is 1.56 bits per heavy atom. The van der Waals surface area contributed by atoms with Crippen LogP contribution in [0.1, 0.15) is 41.9 Å². The van der Waals surface area contributed by atoms with Gasteiger partial charge in [-0.15, -0.1) is 0 Å². The standard InChI is InChI=1S/C13H19N3O2/c1-9-7-12(18-15-9)13(17)16(11-4-5-11)8-10-3-2-6-14-10/h7,10-11,14H,2-6,8H2,1H3. The van der Waals surface area contributed by atoms with Crippen LogP contribution in [0, 0.1) is 6.92 Å². The summed E-state index contributed by atoms with van der Waals surface area (Å²) in [5, 5.41) is 7.23. The van der Waals surface area contributed by atoms with Crippen LogP contribution in [0.2, 0.25) is 0 Å². The molecule has 2 heterocycles. The normalized spacial score (nSPS) is 23.3. The highest BCUT2D eigenvalue weighted by Gasteiger charge is 2.36. The van der Waals surface area contributed by atoms with E-state index in [0.29, 0.717) is 17.8 Å². The molecule has 1 amide bonds. The zero-order valence-electron chi connectivity index (χ0n) is 10.7. The second-order valence-corrected chi connectivity index (χ2v) is 5.31. The summed E-state index contributed by atoms with van der Waals surface area (Å²) in [5.74, 6) is 0.365. The number of aromatic nitrogens is 1. The maximum Gasteiger partial charge on any atom is 0.292 e. The van der Waals surface area contributed by atoms with E-state index in [1.165, 1.54) is 6.42 Å². The van der Waals surface area contributed by atoms with E-state index >= 15 is 0 Å². The number of carbonyl (C=O) groups excluding carboxylic acids is 1. The fourth-order valence-electron chi connectivity index (χ4n) is 2.54. The Morgan fingerprint density at radius 2 is 2.39 bits per heavy atom. The SMILES string of the molecule is Cc1cc(C(=O)N(CC2CCCN2)C2CC2)on1. The zero-order chi connectivity index (χ0) is 12.5. The minimum Gasteiger partial charge on any atom is -0.351 e. The highest BCUT2D eigenvalue weighted by molar-refractivity contribution is 5.92. The summed E-state index contributed by atoms with van der Waals surface area (Å²) in [6.07, 6.45) is 4.60. The van der Waals surface area contributed by atoms with Crippen LogP contribution in [0.5, 0.6) is 0 Å². The lowest BCUT2D eigenvalue weighted by molar-refractivity contribution is 0.0686. The molecule has 0 radical (unpaired) electrons. The number of nitrogens with one attached hydrogen (secondary N) is 1. The van der Waals surface area contributed by atoms with Gasteiger partial charge in [0.2, 0.25) is 5.76 Å². The molecule has 1 aliphatic carbocycles. The van der Waals surface area contributed by atoms with Crippen LogP contribution in [0.15, 0.2) is 10.6 Å². The molecule has 5 heteroatoms. The van der Waals surface area contributed by atoms with E-state index in [0.717, 1.165) is 38.0 Å². The summed E-state index contributed by atoms with van der Waals surface area (Å²) < 4.78 is 5.09. The Bertz CT molecular complexity index is 433. The number of amides is 1. The highest BCUT2D eigenvalue weighted by Crippen LogP contribution is 2.29. The fourth-order valence-corrected chi connectivity index (χ4v) is 2.54. The molecule has 1 atom stereocenters. The fraction of sp³-hybridized carbons (Fsp3) is 0.692. The predicted molar refractivity (Wildman–Crippen MR) is 66.3 cm³/mol. The number of aryl methyl sites for hydroxylation is 1. The van der Waals surface area contributed by atoms with Crippen molar-refractivity contribution in [3.05, 3.63) is 17.5 Å². The third kappa shape index (κ3) is 2.41. The van der Waals surface area contributed by atoms with Gasteiger partial charge in [-0.3, -0.25) is 4.79 Å². The van der Waals surface area contributed by atoms with Gasteiger partial charge in [0.1, 0.15) is 0 Å². The lowest BCUT2D eigenvalue weighted by Crippen LogP contribution is -2.42. The molecule has 1 saturated carbocycles. The Labute approximate surface area is 107 Å². The van der Waals surface area contributed by atoms with E-state index in [1.54, 1.807) is 6.07 Å². The topological polar surface area (TPSA) is 58.4 Å². The van der Waals surface area contributed by atoms with E-state index in [1.807, 2.05) is 11.8 Å². The molecule has 1 aromatic heterocycles. The van der Waals surface area contributed by atoms with Crippen molar-refractivity contribution in [1.29, 1.82) is 0 Å². The Balaban J connectivity index is 1.70. The summed E-state index contributed by atoms with van der Waals surface area (Å²) in [6, 6.07) is 2.57. The third-order valence-corrected chi connectivity index (χ3v) is 3.67. The van der Waals surface area contributed by atoms with Gasteiger partial charge >= 0.3 is 0 Å². The van der Waals surface area contributed by atoms with Crippen molar-refractivity contribution < 1.29 is 9.32 Å². The van der Waals surface area contributed by atoms with E-state index in [-0.39, 0.29) is 5.91 Å². The predicted octanol–water partition coefficient (Wildman–Crippen LogP) is 1.34. The van der Waals surface area contributed by atoms with Crippen molar-refractivity contribution in [2.24, 2.45) is 0 Å². The highest BCUT2D eigenvalue weighted by atomic mass is 16.5. The largest absolute Gasteiger partial charge is 0.351 e. The van der Waals surface area contributed by atoms with Gasteiger partial charge in [-0.1, -0.05) is 5.16 Å². The first kappa shape index (κ1) is 11.7. The van der Waals surface area contributed by atoms with E-state index in [4.69, 9.17) is 4.52 Å². The molecule has 1 N–H and O–H groups in total. The molecule has 3 rings (SSSR count). The molecule has 98 valence electrons. The first-order valence-electron chi connectivity index (χ1n) is 6.72. The summed E-state index contributed by atoms with van der Waals surface area (Å²) in [5.41, 5.74) is 0.757. The lowest BCUT2D eigenvalue weighted by atomic mass is 10.2. The second-order valence-electron chi connectivity index (χ2n) is 5.31. The number of carbonyl (C=O) groups is 1. The molecule has 1 unspecified atom stereocenters. The van der Waals surface area contributed by atoms with E-state index in [9.17, 15) is 4.79 Å². The molecule has 2 fully saturated rings. The molecule has 1 saturated heterocycles. The summed E-state index contributed by atoms with van der Waals surface area (Å²) >= 11 is 0. The lowest BCUT2D eigenvalue weighted by Gasteiger charge is -2.24. The van der Waals surface area contributed by atoms with Gasteiger partial charge in [0.25, 0.3) is 5.91 Å². The van der Waals surface area contributed by atoms with Crippen LogP contribution in [-0.4, -0.2) is 41.1 Å². The summed E-state index contributed by atoms with van der Waals surface area (Å²) in [6.45, 7) is 3.70. The smallest absolute Gasteiger partial charge is 0.292 e. The first-order chi connectivity index (χ1) is 8.74. The quantitative estimate of drug-likeness (QED) is 0.875. The van der Waals surface area contributed by atoms with Crippen LogP contribution in [0.4, 0.5) is 0 Å². The van der Waals surface area contributed by atoms with Crippen molar-refractivity contribution in [3.63, 3.8) is 0 Å². The second kappa shape index (κ2) is 4.72. The minimum atomic E-state index is -0.00759. The number of nitrogens with zero attached hydrogens (tertiary/aromatic N) is 2. The van der Waals surface area contributed by atoms with Crippen LogP contribution in [0.25, 0.3) is 0 Å². The van der Waals surface area contributed by atoms with E-state index in [2.05, 4.69) is 10.5 Å². The maximum absolute atomic E-state index is 12.4. The van der Waals surface area contributed by atoms with Crippen molar-refractivity contribution in [2.45, 2.75) is 44.7 Å². The Kier molecular flexibility index (Phi) is 3.07. The molecule has 1 aromatic rings. The monoisotopic (exact) mass is 249 g/mol. The number of hydrogen-bond donors (Lipinski definition) is 1. The number of rotatable bonds is 4. The van der Waals surface area contributed by atoms with Crippen molar-refractivity contribution in [1.82, 2.24) is 15.4 Å². The third-order valence-electron chi connectivity index (χ3n) is 3.67. The molecule has 0 aromatic carbocycles. The van der Waals surface area contributed by atoms with Crippen molar-refractivity contribution in [3.8, 4) is 0 Å². The molecule has 0 spiro atoms. The summed E-state index contributed by atoms with van der Waals surface area (Å²) in [4.78, 5) is 14.4. The van der Waals surface area contributed by atoms with Gasteiger partial charge in [-0.05, 0) is 39.2 Å². The molecule has 1 aliphatic heterocycles. The Morgan fingerprint density at radius 3 is 2.94 bits per heavy atom. The van der Waals surface area contributed by atoms with Gasteiger partial charge in [0.15, 0.2) is 0 Å². The average Bonchev–Trinajstić information content (AvgIpc) is 2.88. The van der Waals surface area contributed by atoms with Crippen LogP contribution < -0.4 is 5.32 Å². The molecular formula is C13H19N3O2. The molecule has 5 nitrogen and oxygen atoms in total. The Hall–Kier alpha value is -1.36. The van der Waals surface area contributed by atoms with Gasteiger partial charge in [-0.25, -0.2) is 0 Å². The molecule has 18 heavy (non-hydrogen) atoms. The number of hydrogen-bond acceptors (Lipinski definition) is 4. The van der Waals surface area contributed by atoms with Crippen LogP contribution in [-0.2, 0) is 0 Å². The van der Waals surface area contributed by atoms with Gasteiger partial charge in [-0.2, -0.15) is 0 Å². The molecular weight excluding hydrogens is 230 g/mol. The first-order valence-corrected chi connectivity index (χ1v) is 6.72. The molecule has 0 bridgehead atoms. The molecule has 2 aliphatic rings. The van der Waals surface area contributed by atoms with Crippen LogP contribution in [0.3, 0.4) is 0 Å².